The second-order valence-corrected chi connectivity index (χ2v) is 4.62. The van der Waals surface area contributed by atoms with Gasteiger partial charge in [0.25, 0.3) is 0 Å². The van der Waals surface area contributed by atoms with E-state index >= 15 is 0 Å². The lowest BCUT2D eigenvalue weighted by molar-refractivity contribution is 0.417. The van der Waals surface area contributed by atoms with Gasteiger partial charge in [0.05, 0.1) is 12.8 Å². The average Bonchev–Trinajstić information content (AvgIpc) is 2.57. The van der Waals surface area contributed by atoms with E-state index in [0.717, 1.165) is 28.4 Å². The first-order valence-corrected chi connectivity index (χ1v) is 6.78. The Kier molecular flexibility index (Phi) is 3.83. The molecule has 104 valence electrons. The third-order valence-corrected chi connectivity index (χ3v) is 3.24. The quantitative estimate of drug-likeness (QED) is 0.761. The minimum absolute atomic E-state index is 0.791. The third-order valence-electron chi connectivity index (χ3n) is 3.24. The van der Waals surface area contributed by atoms with E-state index in [4.69, 9.17) is 4.74 Å². The highest BCUT2D eigenvalue weighted by molar-refractivity contribution is 5.67. The van der Waals surface area contributed by atoms with Crippen molar-refractivity contribution in [1.29, 1.82) is 0 Å². The van der Waals surface area contributed by atoms with Gasteiger partial charge in [-0.2, -0.15) is 0 Å². The zero-order valence-electron chi connectivity index (χ0n) is 11.8. The van der Waals surface area contributed by atoms with E-state index in [1.807, 2.05) is 54.7 Å². The van der Waals surface area contributed by atoms with Crippen LogP contribution in [0.15, 0.2) is 72.9 Å². The Labute approximate surface area is 124 Å². The van der Waals surface area contributed by atoms with Crippen LogP contribution in [0.5, 0.6) is 5.75 Å². The first-order chi connectivity index (χ1) is 10.4. The summed E-state index contributed by atoms with van der Waals surface area (Å²) in [5.41, 5.74) is 3.16. The third kappa shape index (κ3) is 3.03. The van der Waals surface area contributed by atoms with E-state index < -0.39 is 0 Å². The number of pyridine rings is 1. The summed E-state index contributed by atoms with van der Waals surface area (Å²) in [4.78, 5) is 4.46. The second kappa shape index (κ2) is 6.09. The summed E-state index contributed by atoms with van der Waals surface area (Å²) >= 11 is 0. The zero-order valence-corrected chi connectivity index (χ0v) is 11.8. The number of hydrogen-bond acceptors (Lipinski definition) is 3. The summed E-state index contributed by atoms with van der Waals surface area (Å²) in [5.74, 6) is 1.59. The van der Waals surface area contributed by atoms with Gasteiger partial charge in [0.15, 0.2) is 0 Å². The normalized spacial score (nSPS) is 10.1. The summed E-state index contributed by atoms with van der Waals surface area (Å²) in [6.07, 6.45) is 1.87. The van der Waals surface area contributed by atoms with Gasteiger partial charge in [0.1, 0.15) is 11.6 Å². The Hall–Kier alpha value is -2.81. The molecule has 3 aromatic rings. The molecule has 0 aliphatic carbocycles. The van der Waals surface area contributed by atoms with Crippen molar-refractivity contribution in [2.75, 3.05) is 12.4 Å². The van der Waals surface area contributed by atoms with E-state index in [-0.39, 0.29) is 0 Å². The molecule has 0 bridgehead atoms. The van der Waals surface area contributed by atoms with Gasteiger partial charge in [-0.3, -0.25) is 0 Å². The molecular formula is C18H16N2O. The molecule has 2 aromatic carbocycles. The smallest absolute Gasteiger partial charge is 0.142 e. The molecule has 0 spiro atoms. The largest absolute Gasteiger partial charge is 0.495 e. The molecule has 1 N–H and O–H groups in total. The number of aromatic nitrogens is 1. The van der Waals surface area contributed by atoms with E-state index in [0.29, 0.717) is 0 Å². The first kappa shape index (κ1) is 13.2. The number of benzene rings is 2. The van der Waals surface area contributed by atoms with Crippen LogP contribution in [-0.2, 0) is 0 Å². The average molecular weight is 276 g/mol. The van der Waals surface area contributed by atoms with E-state index in [1.54, 1.807) is 7.11 Å². The molecular weight excluding hydrogens is 260 g/mol. The lowest BCUT2D eigenvalue weighted by atomic mass is 10.1. The van der Waals surface area contributed by atoms with Gasteiger partial charge in [-0.25, -0.2) is 4.98 Å². The topological polar surface area (TPSA) is 34.1 Å². The molecule has 3 heteroatoms. The highest BCUT2D eigenvalue weighted by atomic mass is 16.5. The molecule has 0 saturated heterocycles. The lowest BCUT2D eigenvalue weighted by Crippen LogP contribution is -1.96. The van der Waals surface area contributed by atoms with Gasteiger partial charge in [-0.05, 0) is 29.8 Å². The van der Waals surface area contributed by atoms with Crippen molar-refractivity contribution in [1.82, 2.24) is 4.98 Å². The summed E-state index contributed by atoms with van der Waals surface area (Å²) in [7, 11) is 1.66. The van der Waals surface area contributed by atoms with Crippen LogP contribution in [0.4, 0.5) is 11.5 Å². The van der Waals surface area contributed by atoms with Crippen LogP contribution in [0.1, 0.15) is 0 Å². The molecule has 0 saturated carbocycles. The van der Waals surface area contributed by atoms with Crippen LogP contribution in [0.25, 0.3) is 11.1 Å². The lowest BCUT2D eigenvalue weighted by Gasteiger charge is -2.10. The predicted molar refractivity (Wildman–Crippen MR) is 85.9 cm³/mol. The maximum Gasteiger partial charge on any atom is 0.142 e. The summed E-state index contributed by atoms with van der Waals surface area (Å²) in [6.45, 7) is 0. The Morgan fingerprint density at radius 2 is 1.57 bits per heavy atom. The number of ether oxygens (including phenoxy) is 1. The van der Waals surface area contributed by atoms with Crippen molar-refractivity contribution < 1.29 is 4.74 Å². The Morgan fingerprint density at radius 3 is 2.29 bits per heavy atom. The van der Waals surface area contributed by atoms with Crippen molar-refractivity contribution in [3.8, 4) is 16.9 Å². The summed E-state index contributed by atoms with van der Waals surface area (Å²) in [6, 6.07) is 22.0. The van der Waals surface area contributed by atoms with Gasteiger partial charge >= 0.3 is 0 Å². The number of methoxy groups -OCH3 is 1. The molecule has 0 amide bonds. The molecule has 0 aliphatic heterocycles. The molecule has 21 heavy (non-hydrogen) atoms. The number of para-hydroxylation sites is 2. The molecule has 0 fully saturated rings. The fourth-order valence-electron chi connectivity index (χ4n) is 2.16. The van der Waals surface area contributed by atoms with Crippen molar-refractivity contribution in [2.45, 2.75) is 0 Å². The predicted octanol–water partition coefficient (Wildman–Crippen LogP) is 4.50. The maximum absolute atomic E-state index is 5.32. The highest BCUT2D eigenvalue weighted by Crippen LogP contribution is 2.27. The minimum Gasteiger partial charge on any atom is -0.495 e. The molecule has 3 rings (SSSR count). The van der Waals surface area contributed by atoms with Gasteiger partial charge < -0.3 is 10.1 Å². The number of nitrogens with one attached hydrogen (secondary N) is 1. The Balaban J connectivity index is 1.82. The van der Waals surface area contributed by atoms with Crippen LogP contribution >= 0.6 is 0 Å². The molecule has 0 aliphatic rings. The van der Waals surface area contributed by atoms with Crippen molar-refractivity contribution in [3.05, 3.63) is 72.9 Å². The van der Waals surface area contributed by atoms with Crippen molar-refractivity contribution >= 4 is 11.5 Å². The van der Waals surface area contributed by atoms with Gasteiger partial charge in [-0.15, -0.1) is 0 Å². The molecule has 0 atom stereocenters. The number of hydrogen-bond donors (Lipinski definition) is 1. The summed E-state index contributed by atoms with van der Waals surface area (Å²) < 4.78 is 5.32. The second-order valence-electron chi connectivity index (χ2n) is 4.62. The minimum atomic E-state index is 0.791. The van der Waals surface area contributed by atoms with E-state index in [1.165, 1.54) is 0 Å². The summed E-state index contributed by atoms with van der Waals surface area (Å²) in [5, 5.41) is 3.27. The molecule has 3 nitrogen and oxygen atoms in total. The van der Waals surface area contributed by atoms with Gasteiger partial charge in [-0.1, -0.05) is 42.5 Å². The van der Waals surface area contributed by atoms with Crippen LogP contribution in [0.2, 0.25) is 0 Å². The number of rotatable bonds is 4. The van der Waals surface area contributed by atoms with Gasteiger partial charge in [0.2, 0.25) is 0 Å². The van der Waals surface area contributed by atoms with Crippen LogP contribution in [-0.4, -0.2) is 12.1 Å². The van der Waals surface area contributed by atoms with Gasteiger partial charge in [0, 0.05) is 11.8 Å². The van der Waals surface area contributed by atoms with Crippen molar-refractivity contribution in [2.24, 2.45) is 0 Å². The number of nitrogens with zero attached hydrogens (tertiary/aromatic N) is 1. The van der Waals surface area contributed by atoms with E-state index in [9.17, 15) is 0 Å². The Morgan fingerprint density at radius 1 is 0.810 bits per heavy atom. The Bertz CT molecular complexity index is 709. The monoisotopic (exact) mass is 276 g/mol. The number of anilines is 2. The fourth-order valence-corrected chi connectivity index (χ4v) is 2.16. The van der Waals surface area contributed by atoms with Crippen LogP contribution < -0.4 is 10.1 Å². The standard InChI is InChI=1S/C18H16N2O/c1-21-17-10-6-5-9-16(17)20-18-12-11-15(13-19-18)14-7-3-2-4-8-14/h2-13H,1H3,(H,19,20). The fraction of sp³-hybridized carbons (Fsp3) is 0.0556. The molecule has 0 radical (unpaired) electrons. The van der Waals surface area contributed by atoms with Crippen LogP contribution in [0, 0.1) is 0 Å². The maximum atomic E-state index is 5.32. The first-order valence-electron chi connectivity index (χ1n) is 6.78. The SMILES string of the molecule is COc1ccccc1Nc1ccc(-c2ccccc2)cn1. The molecule has 0 unspecified atom stereocenters. The molecule has 1 aromatic heterocycles. The highest BCUT2D eigenvalue weighted by Gasteiger charge is 2.03. The van der Waals surface area contributed by atoms with Crippen molar-refractivity contribution in [3.63, 3.8) is 0 Å². The van der Waals surface area contributed by atoms with E-state index in [2.05, 4.69) is 28.5 Å². The van der Waals surface area contributed by atoms with Crippen LogP contribution in [0.3, 0.4) is 0 Å². The molecule has 1 heterocycles. The zero-order chi connectivity index (χ0) is 14.5.